The molecule has 0 heterocycles. The SMILES string of the molecule is COc1ccc(C)cc1S(=O)(=O)N(CC(=O)Nc1ccccc1C)c1ccc(C)cc1. The summed E-state index contributed by atoms with van der Waals surface area (Å²) in [6.07, 6.45) is 0. The Kier molecular flexibility index (Phi) is 6.65. The van der Waals surface area contributed by atoms with Gasteiger partial charge in [-0.25, -0.2) is 8.42 Å². The zero-order chi connectivity index (χ0) is 22.6. The van der Waals surface area contributed by atoms with Crippen LogP contribution >= 0.6 is 0 Å². The van der Waals surface area contributed by atoms with Crippen LogP contribution in [0.4, 0.5) is 11.4 Å². The average Bonchev–Trinajstić information content (AvgIpc) is 2.74. The van der Waals surface area contributed by atoms with Crippen molar-refractivity contribution in [3.63, 3.8) is 0 Å². The molecule has 0 fully saturated rings. The van der Waals surface area contributed by atoms with E-state index < -0.39 is 15.9 Å². The molecule has 0 aromatic heterocycles. The fourth-order valence-corrected chi connectivity index (χ4v) is 4.83. The summed E-state index contributed by atoms with van der Waals surface area (Å²) in [5.41, 5.74) is 3.68. The van der Waals surface area contributed by atoms with Crippen molar-refractivity contribution in [2.24, 2.45) is 0 Å². The molecule has 0 aliphatic rings. The molecule has 3 aromatic carbocycles. The van der Waals surface area contributed by atoms with Gasteiger partial charge in [-0.15, -0.1) is 0 Å². The lowest BCUT2D eigenvalue weighted by atomic mass is 10.2. The lowest BCUT2D eigenvalue weighted by molar-refractivity contribution is -0.114. The second-order valence-electron chi connectivity index (χ2n) is 7.36. The fourth-order valence-electron chi connectivity index (χ4n) is 3.16. The van der Waals surface area contributed by atoms with Crippen LogP contribution in [0.15, 0.2) is 71.6 Å². The molecule has 1 amide bonds. The van der Waals surface area contributed by atoms with E-state index in [1.807, 2.05) is 44.2 Å². The van der Waals surface area contributed by atoms with Gasteiger partial charge in [0, 0.05) is 5.69 Å². The summed E-state index contributed by atoms with van der Waals surface area (Å²) in [7, 11) is -2.66. The van der Waals surface area contributed by atoms with Crippen LogP contribution in [0.25, 0.3) is 0 Å². The molecule has 0 unspecified atom stereocenters. The Balaban J connectivity index is 2.03. The molecule has 0 saturated heterocycles. The number of ether oxygens (including phenoxy) is 1. The number of hydrogen-bond acceptors (Lipinski definition) is 4. The van der Waals surface area contributed by atoms with Crippen LogP contribution in [0.5, 0.6) is 5.75 Å². The number of carbonyl (C=O) groups excluding carboxylic acids is 1. The average molecular weight is 439 g/mol. The number of carbonyl (C=O) groups is 1. The number of aryl methyl sites for hydroxylation is 3. The summed E-state index contributed by atoms with van der Waals surface area (Å²) in [5.74, 6) is -0.216. The first-order valence-electron chi connectivity index (χ1n) is 9.82. The standard InChI is InChI=1S/C24H26N2O4S/c1-17-9-12-20(13-10-17)26(16-24(27)25-21-8-6-5-7-19(21)3)31(28,29)23-15-18(2)11-14-22(23)30-4/h5-15H,16H2,1-4H3,(H,25,27). The number of benzene rings is 3. The minimum Gasteiger partial charge on any atom is -0.495 e. The maximum Gasteiger partial charge on any atom is 0.268 e. The molecule has 31 heavy (non-hydrogen) atoms. The molecule has 0 spiro atoms. The summed E-state index contributed by atoms with van der Waals surface area (Å²) < 4.78 is 33.8. The first kappa shape index (κ1) is 22.4. The van der Waals surface area contributed by atoms with Crippen LogP contribution in [0, 0.1) is 20.8 Å². The summed E-state index contributed by atoms with van der Waals surface area (Å²) in [5, 5.41) is 2.81. The molecule has 6 nitrogen and oxygen atoms in total. The molecule has 162 valence electrons. The first-order chi connectivity index (χ1) is 14.7. The van der Waals surface area contributed by atoms with E-state index in [9.17, 15) is 13.2 Å². The van der Waals surface area contributed by atoms with Crippen molar-refractivity contribution in [3.05, 3.63) is 83.4 Å². The van der Waals surface area contributed by atoms with Gasteiger partial charge in [0.15, 0.2) is 0 Å². The monoisotopic (exact) mass is 438 g/mol. The van der Waals surface area contributed by atoms with Gasteiger partial charge in [-0.05, 0) is 62.2 Å². The molecule has 0 radical (unpaired) electrons. The highest BCUT2D eigenvalue weighted by atomic mass is 32.2. The highest BCUT2D eigenvalue weighted by Gasteiger charge is 2.30. The Morgan fingerprint density at radius 2 is 1.58 bits per heavy atom. The second-order valence-corrected chi connectivity index (χ2v) is 9.20. The topological polar surface area (TPSA) is 75.7 Å². The predicted octanol–water partition coefficient (Wildman–Crippen LogP) is 4.45. The minimum atomic E-state index is -4.08. The number of sulfonamides is 1. The molecule has 7 heteroatoms. The number of para-hydroxylation sites is 1. The van der Waals surface area contributed by atoms with E-state index in [1.54, 1.807) is 43.3 Å². The van der Waals surface area contributed by atoms with E-state index in [0.29, 0.717) is 11.4 Å². The second kappa shape index (κ2) is 9.22. The van der Waals surface area contributed by atoms with Gasteiger partial charge < -0.3 is 10.1 Å². The first-order valence-corrected chi connectivity index (χ1v) is 11.3. The van der Waals surface area contributed by atoms with E-state index in [2.05, 4.69) is 5.32 Å². The smallest absolute Gasteiger partial charge is 0.268 e. The largest absolute Gasteiger partial charge is 0.495 e. The van der Waals surface area contributed by atoms with Crippen molar-refractivity contribution in [1.82, 2.24) is 0 Å². The predicted molar refractivity (Wildman–Crippen MR) is 123 cm³/mol. The zero-order valence-electron chi connectivity index (χ0n) is 18.0. The molecule has 0 atom stereocenters. The summed E-state index contributed by atoms with van der Waals surface area (Å²) in [4.78, 5) is 12.9. The quantitative estimate of drug-likeness (QED) is 0.591. The van der Waals surface area contributed by atoms with Crippen molar-refractivity contribution >= 4 is 27.3 Å². The Morgan fingerprint density at radius 1 is 0.935 bits per heavy atom. The number of nitrogens with zero attached hydrogens (tertiary/aromatic N) is 1. The van der Waals surface area contributed by atoms with Gasteiger partial charge in [-0.3, -0.25) is 9.10 Å². The summed E-state index contributed by atoms with van der Waals surface area (Å²) in [6, 6.07) is 19.3. The fraction of sp³-hybridized carbons (Fsp3) is 0.208. The van der Waals surface area contributed by atoms with Crippen LogP contribution in [0.2, 0.25) is 0 Å². The maximum absolute atomic E-state index is 13.7. The summed E-state index contributed by atoms with van der Waals surface area (Å²) in [6.45, 7) is 5.22. The Hall–Kier alpha value is -3.32. The van der Waals surface area contributed by atoms with Gasteiger partial charge in [0.25, 0.3) is 10.0 Å². The van der Waals surface area contributed by atoms with Gasteiger partial charge in [-0.1, -0.05) is 42.0 Å². The molecular weight excluding hydrogens is 412 g/mol. The van der Waals surface area contributed by atoms with Crippen molar-refractivity contribution in [1.29, 1.82) is 0 Å². The molecule has 0 bridgehead atoms. The van der Waals surface area contributed by atoms with Crippen molar-refractivity contribution in [2.75, 3.05) is 23.3 Å². The third-order valence-corrected chi connectivity index (χ3v) is 6.71. The number of amides is 1. The molecular formula is C24H26N2O4S. The Labute approximate surface area is 183 Å². The van der Waals surface area contributed by atoms with Gasteiger partial charge in [-0.2, -0.15) is 0 Å². The lowest BCUT2D eigenvalue weighted by Gasteiger charge is -2.25. The minimum absolute atomic E-state index is 0.0132. The highest BCUT2D eigenvalue weighted by molar-refractivity contribution is 7.93. The Bertz CT molecular complexity index is 1190. The summed E-state index contributed by atoms with van der Waals surface area (Å²) >= 11 is 0. The van der Waals surface area contributed by atoms with Crippen molar-refractivity contribution in [3.8, 4) is 5.75 Å². The van der Waals surface area contributed by atoms with E-state index >= 15 is 0 Å². The van der Waals surface area contributed by atoms with E-state index in [1.165, 1.54) is 7.11 Å². The van der Waals surface area contributed by atoms with Crippen LogP contribution in [0.1, 0.15) is 16.7 Å². The molecule has 1 N–H and O–H groups in total. The van der Waals surface area contributed by atoms with Crippen LogP contribution < -0.4 is 14.4 Å². The zero-order valence-corrected chi connectivity index (χ0v) is 18.9. The molecule has 3 aromatic rings. The number of nitrogens with one attached hydrogen (secondary N) is 1. The number of methoxy groups -OCH3 is 1. The van der Waals surface area contributed by atoms with Gasteiger partial charge in [0.1, 0.15) is 17.2 Å². The molecule has 3 rings (SSSR count). The highest BCUT2D eigenvalue weighted by Crippen LogP contribution is 2.31. The van der Waals surface area contributed by atoms with Gasteiger partial charge >= 0.3 is 0 Å². The van der Waals surface area contributed by atoms with Crippen LogP contribution in [-0.2, 0) is 14.8 Å². The number of anilines is 2. The van der Waals surface area contributed by atoms with Crippen molar-refractivity contribution in [2.45, 2.75) is 25.7 Å². The molecule has 0 aliphatic heterocycles. The normalized spacial score (nSPS) is 11.1. The van der Waals surface area contributed by atoms with Gasteiger partial charge in [0.2, 0.25) is 5.91 Å². The third-order valence-electron chi connectivity index (χ3n) is 4.92. The third kappa shape index (κ3) is 5.06. The number of rotatable bonds is 7. The van der Waals surface area contributed by atoms with Gasteiger partial charge in [0.05, 0.1) is 12.8 Å². The number of hydrogen-bond donors (Lipinski definition) is 1. The van der Waals surface area contributed by atoms with E-state index in [0.717, 1.165) is 21.0 Å². The Morgan fingerprint density at radius 3 is 2.23 bits per heavy atom. The molecule has 0 saturated carbocycles. The van der Waals surface area contributed by atoms with Crippen LogP contribution in [0.3, 0.4) is 0 Å². The maximum atomic E-state index is 13.7. The molecule has 0 aliphatic carbocycles. The van der Waals surface area contributed by atoms with Crippen LogP contribution in [-0.4, -0.2) is 28.0 Å². The van der Waals surface area contributed by atoms with Crippen molar-refractivity contribution < 1.29 is 17.9 Å². The van der Waals surface area contributed by atoms with E-state index in [4.69, 9.17) is 4.74 Å². The lowest BCUT2D eigenvalue weighted by Crippen LogP contribution is -2.38. The van der Waals surface area contributed by atoms with E-state index in [-0.39, 0.29) is 17.2 Å².